The van der Waals surface area contributed by atoms with Crippen LogP contribution in [0.5, 0.6) is 0 Å². The number of tetrazole rings is 1. The smallest absolute Gasteiger partial charge is 0.251 e. The van der Waals surface area contributed by atoms with E-state index in [1.807, 2.05) is 25.1 Å². The van der Waals surface area contributed by atoms with Crippen molar-refractivity contribution < 1.29 is 9.90 Å². The van der Waals surface area contributed by atoms with Crippen molar-refractivity contribution in [1.29, 1.82) is 0 Å². The Morgan fingerprint density at radius 2 is 2.14 bits per heavy atom. The quantitative estimate of drug-likeness (QED) is 0.638. The normalized spacial score (nSPS) is 14.6. The van der Waals surface area contributed by atoms with Gasteiger partial charge in [0.25, 0.3) is 5.91 Å². The van der Waals surface area contributed by atoms with Gasteiger partial charge in [0.05, 0.1) is 18.0 Å². The summed E-state index contributed by atoms with van der Waals surface area (Å²) in [6.07, 6.45) is 5.02. The molecule has 2 heterocycles. The zero-order chi connectivity index (χ0) is 20.4. The number of aliphatic hydroxyl groups is 1. The Bertz CT molecular complexity index is 1010. The van der Waals surface area contributed by atoms with Gasteiger partial charge in [0.1, 0.15) is 0 Å². The molecule has 1 unspecified atom stereocenters. The topological polar surface area (TPSA) is 106 Å². The number of carbonyl (C=O) groups excluding carboxylic acids is 1. The first-order chi connectivity index (χ1) is 14.0. The first kappa shape index (κ1) is 19.2. The Labute approximate surface area is 169 Å². The standard InChI is InChI=1S/C21H24N6O2/c1-13-3-6-19(22-11-13)16-8-17(21(29)23-14(2)12-28)10-18(9-16)27-20(24-25-26-27)7-15-4-5-15/h3,6,8-11,14-15,28H,4-5,7,12H2,1-2H3,(H,23,29). The lowest BCUT2D eigenvalue weighted by molar-refractivity contribution is 0.0922. The van der Waals surface area contributed by atoms with Gasteiger partial charge in [-0.3, -0.25) is 9.78 Å². The molecule has 1 aliphatic rings. The lowest BCUT2D eigenvalue weighted by Gasteiger charge is -2.14. The predicted octanol–water partition coefficient (Wildman–Crippen LogP) is 2.10. The van der Waals surface area contributed by atoms with Gasteiger partial charge in [-0.25, -0.2) is 0 Å². The molecule has 2 aromatic heterocycles. The Morgan fingerprint density at radius 1 is 1.31 bits per heavy atom. The number of pyridine rings is 1. The van der Waals surface area contributed by atoms with Gasteiger partial charge in [0, 0.05) is 29.8 Å². The highest BCUT2D eigenvalue weighted by molar-refractivity contribution is 5.96. The Hall–Kier alpha value is -3.13. The molecule has 8 nitrogen and oxygen atoms in total. The second-order valence-corrected chi connectivity index (χ2v) is 7.70. The van der Waals surface area contributed by atoms with Gasteiger partial charge in [-0.15, -0.1) is 5.10 Å². The Balaban J connectivity index is 1.76. The molecule has 0 spiro atoms. The van der Waals surface area contributed by atoms with E-state index in [1.54, 1.807) is 29.9 Å². The van der Waals surface area contributed by atoms with E-state index in [-0.39, 0.29) is 18.6 Å². The van der Waals surface area contributed by atoms with Gasteiger partial charge in [-0.05, 0) is 72.9 Å². The summed E-state index contributed by atoms with van der Waals surface area (Å²) < 4.78 is 1.70. The van der Waals surface area contributed by atoms with Crippen molar-refractivity contribution in [2.45, 2.75) is 39.2 Å². The van der Waals surface area contributed by atoms with Crippen molar-refractivity contribution in [3.05, 3.63) is 53.5 Å². The van der Waals surface area contributed by atoms with Crippen LogP contribution in [0, 0.1) is 12.8 Å². The second-order valence-electron chi connectivity index (χ2n) is 7.70. The molecule has 1 fully saturated rings. The molecule has 150 valence electrons. The lowest BCUT2D eigenvalue weighted by Crippen LogP contribution is -2.35. The Kier molecular flexibility index (Phi) is 5.35. The van der Waals surface area contributed by atoms with Crippen molar-refractivity contribution in [3.8, 4) is 16.9 Å². The number of aryl methyl sites for hydroxylation is 1. The fourth-order valence-corrected chi connectivity index (χ4v) is 3.12. The summed E-state index contributed by atoms with van der Waals surface area (Å²) in [4.78, 5) is 17.2. The molecule has 0 bridgehead atoms. The summed E-state index contributed by atoms with van der Waals surface area (Å²) in [6, 6.07) is 9.08. The third-order valence-corrected chi connectivity index (χ3v) is 4.99. The SMILES string of the molecule is Cc1ccc(-c2cc(C(=O)NC(C)CO)cc(-n3nnnc3CC3CC3)c2)nc1. The summed E-state index contributed by atoms with van der Waals surface area (Å²) in [5, 5.41) is 24.2. The number of nitrogens with one attached hydrogen (secondary N) is 1. The average Bonchev–Trinajstić information content (AvgIpc) is 3.42. The van der Waals surface area contributed by atoms with Gasteiger partial charge < -0.3 is 10.4 Å². The van der Waals surface area contributed by atoms with Crippen LogP contribution >= 0.6 is 0 Å². The third-order valence-electron chi connectivity index (χ3n) is 4.99. The summed E-state index contributed by atoms with van der Waals surface area (Å²) in [5.41, 5.74) is 3.81. The van der Waals surface area contributed by atoms with Crippen LogP contribution in [0.25, 0.3) is 16.9 Å². The molecular weight excluding hydrogens is 368 g/mol. The van der Waals surface area contributed by atoms with Crippen LogP contribution in [0.2, 0.25) is 0 Å². The molecule has 0 aliphatic heterocycles. The minimum absolute atomic E-state index is 0.129. The fourth-order valence-electron chi connectivity index (χ4n) is 3.12. The van der Waals surface area contributed by atoms with Crippen molar-refractivity contribution in [2.75, 3.05) is 6.61 Å². The number of carbonyl (C=O) groups is 1. The number of amides is 1. The van der Waals surface area contributed by atoms with E-state index in [4.69, 9.17) is 0 Å². The largest absolute Gasteiger partial charge is 0.394 e. The monoisotopic (exact) mass is 392 g/mol. The van der Waals surface area contributed by atoms with Crippen LogP contribution in [-0.4, -0.2) is 48.9 Å². The first-order valence-corrected chi connectivity index (χ1v) is 9.81. The number of hydrogen-bond donors (Lipinski definition) is 2. The molecule has 1 amide bonds. The first-order valence-electron chi connectivity index (χ1n) is 9.81. The van der Waals surface area contributed by atoms with E-state index in [0.717, 1.165) is 29.1 Å². The van der Waals surface area contributed by atoms with E-state index in [1.165, 1.54) is 12.8 Å². The number of rotatable bonds is 7. The molecule has 1 atom stereocenters. The van der Waals surface area contributed by atoms with Crippen LogP contribution in [0.3, 0.4) is 0 Å². The highest BCUT2D eigenvalue weighted by Crippen LogP contribution is 2.32. The van der Waals surface area contributed by atoms with Crippen LogP contribution in [0.1, 0.15) is 41.5 Å². The molecule has 0 radical (unpaired) electrons. The van der Waals surface area contributed by atoms with Crippen molar-refractivity contribution in [3.63, 3.8) is 0 Å². The average molecular weight is 392 g/mol. The molecular formula is C21H24N6O2. The number of benzene rings is 1. The number of hydrogen-bond acceptors (Lipinski definition) is 6. The predicted molar refractivity (Wildman–Crippen MR) is 108 cm³/mol. The maximum Gasteiger partial charge on any atom is 0.251 e. The molecule has 29 heavy (non-hydrogen) atoms. The maximum atomic E-state index is 12.7. The van der Waals surface area contributed by atoms with Crippen LogP contribution in [0.4, 0.5) is 0 Å². The highest BCUT2D eigenvalue weighted by atomic mass is 16.3. The van der Waals surface area contributed by atoms with Crippen molar-refractivity contribution in [2.24, 2.45) is 5.92 Å². The zero-order valence-electron chi connectivity index (χ0n) is 16.5. The third kappa shape index (κ3) is 4.48. The molecule has 0 saturated heterocycles. The van der Waals surface area contributed by atoms with Crippen LogP contribution < -0.4 is 5.32 Å². The number of nitrogens with zero attached hydrogens (tertiary/aromatic N) is 5. The molecule has 8 heteroatoms. The van der Waals surface area contributed by atoms with E-state index >= 15 is 0 Å². The van der Waals surface area contributed by atoms with E-state index in [2.05, 4.69) is 25.8 Å². The number of aromatic nitrogens is 5. The minimum atomic E-state index is -0.342. The van der Waals surface area contributed by atoms with E-state index in [0.29, 0.717) is 17.2 Å². The fraction of sp³-hybridized carbons (Fsp3) is 0.381. The van der Waals surface area contributed by atoms with Crippen molar-refractivity contribution >= 4 is 5.91 Å². The van der Waals surface area contributed by atoms with Crippen LogP contribution in [-0.2, 0) is 6.42 Å². The molecule has 1 aliphatic carbocycles. The lowest BCUT2D eigenvalue weighted by atomic mass is 10.0. The molecule has 1 saturated carbocycles. The Morgan fingerprint density at radius 3 is 2.83 bits per heavy atom. The van der Waals surface area contributed by atoms with Gasteiger partial charge in [-0.2, -0.15) is 4.68 Å². The summed E-state index contributed by atoms with van der Waals surface area (Å²) in [6.45, 7) is 3.60. The zero-order valence-corrected chi connectivity index (χ0v) is 16.5. The highest BCUT2D eigenvalue weighted by Gasteiger charge is 2.25. The minimum Gasteiger partial charge on any atom is -0.394 e. The van der Waals surface area contributed by atoms with Gasteiger partial charge >= 0.3 is 0 Å². The second kappa shape index (κ2) is 8.08. The van der Waals surface area contributed by atoms with Crippen molar-refractivity contribution in [1.82, 2.24) is 30.5 Å². The van der Waals surface area contributed by atoms with Gasteiger partial charge in [0.15, 0.2) is 5.82 Å². The molecule has 2 N–H and O–H groups in total. The molecule has 4 rings (SSSR count). The summed E-state index contributed by atoms with van der Waals surface area (Å²) in [7, 11) is 0. The summed E-state index contributed by atoms with van der Waals surface area (Å²) in [5.74, 6) is 1.16. The molecule has 3 aromatic rings. The van der Waals surface area contributed by atoms with Gasteiger partial charge in [0.2, 0.25) is 0 Å². The maximum absolute atomic E-state index is 12.7. The van der Waals surface area contributed by atoms with Crippen LogP contribution in [0.15, 0.2) is 36.5 Å². The van der Waals surface area contributed by atoms with Gasteiger partial charge in [-0.1, -0.05) is 6.07 Å². The van der Waals surface area contributed by atoms with E-state index in [9.17, 15) is 9.90 Å². The number of aliphatic hydroxyl groups excluding tert-OH is 1. The summed E-state index contributed by atoms with van der Waals surface area (Å²) >= 11 is 0. The molecule has 1 aromatic carbocycles. The van der Waals surface area contributed by atoms with E-state index < -0.39 is 0 Å².